The summed E-state index contributed by atoms with van der Waals surface area (Å²) >= 11 is 0. The minimum absolute atomic E-state index is 0.176. The van der Waals surface area contributed by atoms with E-state index in [1.165, 1.54) is 6.92 Å². The van der Waals surface area contributed by atoms with Gasteiger partial charge in [0, 0.05) is 0 Å². The summed E-state index contributed by atoms with van der Waals surface area (Å²) in [6.07, 6.45) is 0. The number of rotatable bonds is 3. The molecule has 0 spiro atoms. The largest absolute Gasteiger partial charge is 0.456 e. The average Bonchev–Trinajstić information content (AvgIpc) is 2.51. The highest BCUT2D eigenvalue weighted by Gasteiger charge is 2.15. The smallest absolute Gasteiger partial charge is 0.287 e. The van der Waals surface area contributed by atoms with Crippen molar-refractivity contribution in [2.24, 2.45) is 5.73 Å². The monoisotopic (exact) mass is 196 g/mol. The van der Waals surface area contributed by atoms with Gasteiger partial charge in [0.15, 0.2) is 5.76 Å². The summed E-state index contributed by atoms with van der Waals surface area (Å²) < 4.78 is 5.06. The molecule has 0 saturated carbocycles. The minimum Gasteiger partial charge on any atom is -0.456 e. The van der Waals surface area contributed by atoms with Crippen molar-refractivity contribution in [3.63, 3.8) is 0 Å². The van der Waals surface area contributed by atoms with Crippen molar-refractivity contribution in [1.29, 1.82) is 0 Å². The van der Waals surface area contributed by atoms with E-state index in [1.54, 1.807) is 19.1 Å². The van der Waals surface area contributed by atoms with Gasteiger partial charge in [0.2, 0.25) is 5.91 Å². The first kappa shape index (κ1) is 10.3. The quantitative estimate of drug-likeness (QED) is 0.723. The molecule has 0 fully saturated rings. The van der Waals surface area contributed by atoms with Crippen LogP contribution < -0.4 is 11.1 Å². The van der Waals surface area contributed by atoms with Crippen LogP contribution in [0, 0.1) is 6.92 Å². The van der Waals surface area contributed by atoms with E-state index >= 15 is 0 Å². The van der Waals surface area contributed by atoms with E-state index in [9.17, 15) is 9.59 Å². The number of aryl methyl sites for hydroxylation is 1. The molecule has 1 aromatic rings. The van der Waals surface area contributed by atoms with Crippen molar-refractivity contribution in [2.45, 2.75) is 19.9 Å². The van der Waals surface area contributed by atoms with E-state index in [0.29, 0.717) is 5.76 Å². The number of nitrogens with two attached hydrogens (primary N) is 1. The lowest BCUT2D eigenvalue weighted by molar-refractivity contribution is -0.119. The molecule has 3 N–H and O–H groups in total. The zero-order valence-electron chi connectivity index (χ0n) is 8.03. The molecule has 0 bridgehead atoms. The summed E-state index contributed by atoms with van der Waals surface area (Å²) in [5.41, 5.74) is 4.98. The second-order valence-electron chi connectivity index (χ2n) is 3.01. The number of hydrogen-bond acceptors (Lipinski definition) is 3. The first-order valence-corrected chi connectivity index (χ1v) is 4.17. The van der Waals surface area contributed by atoms with Gasteiger partial charge in [-0.2, -0.15) is 0 Å². The molecule has 0 aliphatic heterocycles. The molecule has 5 nitrogen and oxygen atoms in total. The van der Waals surface area contributed by atoms with E-state index in [2.05, 4.69) is 5.32 Å². The SMILES string of the molecule is Cc1ccc(C(=O)N[C@H](C)C(N)=O)o1. The Labute approximate surface area is 81.3 Å². The van der Waals surface area contributed by atoms with Crippen LogP contribution in [0.3, 0.4) is 0 Å². The standard InChI is InChI=1S/C9H12N2O3/c1-5-3-4-7(14-5)9(13)11-6(2)8(10)12/h3-4,6H,1-2H3,(H2,10,12)(H,11,13)/t6-/m1/s1. The molecule has 0 radical (unpaired) electrons. The van der Waals surface area contributed by atoms with Crippen LogP contribution in [0.5, 0.6) is 0 Å². The van der Waals surface area contributed by atoms with Crippen LogP contribution in [0.15, 0.2) is 16.5 Å². The number of primary amides is 1. The Kier molecular flexibility index (Phi) is 2.91. The number of furan rings is 1. The maximum Gasteiger partial charge on any atom is 0.287 e. The summed E-state index contributed by atoms with van der Waals surface area (Å²) in [4.78, 5) is 22.0. The van der Waals surface area contributed by atoms with Gasteiger partial charge >= 0.3 is 0 Å². The third kappa shape index (κ3) is 2.35. The molecule has 14 heavy (non-hydrogen) atoms. The number of hydrogen-bond donors (Lipinski definition) is 2. The van der Waals surface area contributed by atoms with Crippen LogP contribution >= 0.6 is 0 Å². The van der Waals surface area contributed by atoms with Crippen molar-refractivity contribution in [2.75, 3.05) is 0 Å². The first-order chi connectivity index (χ1) is 6.50. The molecule has 1 aromatic heterocycles. The van der Waals surface area contributed by atoms with E-state index in [1.807, 2.05) is 0 Å². The lowest BCUT2D eigenvalue weighted by atomic mass is 10.3. The fourth-order valence-electron chi connectivity index (χ4n) is 0.895. The third-order valence-corrected chi connectivity index (χ3v) is 1.74. The molecule has 0 saturated heterocycles. The van der Waals surface area contributed by atoms with Crippen molar-refractivity contribution in [3.05, 3.63) is 23.7 Å². The van der Waals surface area contributed by atoms with E-state index in [-0.39, 0.29) is 5.76 Å². The lowest BCUT2D eigenvalue weighted by Crippen LogP contribution is -2.42. The number of amides is 2. The molecule has 0 aromatic carbocycles. The molecule has 0 aliphatic carbocycles. The Balaban J connectivity index is 2.63. The molecule has 2 amide bonds. The molecule has 1 heterocycles. The highest BCUT2D eigenvalue weighted by molar-refractivity contribution is 5.95. The number of nitrogens with one attached hydrogen (secondary N) is 1. The van der Waals surface area contributed by atoms with Gasteiger partial charge < -0.3 is 15.5 Å². The van der Waals surface area contributed by atoms with Gasteiger partial charge in [-0.05, 0) is 26.0 Å². The second-order valence-corrected chi connectivity index (χ2v) is 3.01. The Morgan fingerprint density at radius 1 is 1.50 bits per heavy atom. The maximum absolute atomic E-state index is 11.4. The van der Waals surface area contributed by atoms with Gasteiger partial charge in [-0.3, -0.25) is 9.59 Å². The van der Waals surface area contributed by atoms with E-state index in [4.69, 9.17) is 10.2 Å². The van der Waals surface area contributed by atoms with Crippen LogP contribution in [0.4, 0.5) is 0 Å². The molecule has 1 atom stereocenters. The highest BCUT2D eigenvalue weighted by atomic mass is 16.3. The van der Waals surface area contributed by atoms with Crippen molar-refractivity contribution < 1.29 is 14.0 Å². The zero-order chi connectivity index (χ0) is 10.7. The van der Waals surface area contributed by atoms with Gasteiger partial charge in [-0.15, -0.1) is 0 Å². The summed E-state index contributed by atoms with van der Waals surface area (Å²) in [5.74, 6) is -0.205. The van der Waals surface area contributed by atoms with Crippen LogP contribution in [0.25, 0.3) is 0 Å². The number of carbonyl (C=O) groups is 2. The van der Waals surface area contributed by atoms with Gasteiger partial charge in [-0.25, -0.2) is 0 Å². The zero-order valence-corrected chi connectivity index (χ0v) is 8.03. The van der Waals surface area contributed by atoms with E-state index < -0.39 is 17.9 Å². The highest BCUT2D eigenvalue weighted by Crippen LogP contribution is 2.05. The van der Waals surface area contributed by atoms with Gasteiger partial charge in [0.1, 0.15) is 11.8 Å². The second kappa shape index (κ2) is 3.95. The van der Waals surface area contributed by atoms with Crippen molar-refractivity contribution >= 4 is 11.8 Å². The molecule has 1 rings (SSSR count). The predicted molar refractivity (Wildman–Crippen MR) is 49.6 cm³/mol. The normalized spacial score (nSPS) is 12.1. The maximum atomic E-state index is 11.4. The molecule has 76 valence electrons. The van der Waals surface area contributed by atoms with Crippen LogP contribution in [0.1, 0.15) is 23.2 Å². The minimum atomic E-state index is -0.701. The Morgan fingerprint density at radius 3 is 2.57 bits per heavy atom. The summed E-state index contributed by atoms with van der Waals surface area (Å²) in [6, 6.07) is 2.51. The molecule has 5 heteroatoms. The Hall–Kier alpha value is -1.78. The fourth-order valence-corrected chi connectivity index (χ4v) is 0.895. The van der Waals surface area contributed by atoms with Crippen molar-refractivity contribution in [1.82, 2.24) is 5.32 Å². The van der Waals surface area contributed by atoms with Crippen molar-refractivity contribution in [3.8, 4) is 0 Å². The Morgan fingerprint density at radius 2 is 2.14 bits per heavy atom. The van der Waals surface area contributed by atoms with Gasteiger partial charge in [0.05, 0.1) is 0 Å². The van der Waals surface area contributed by atoms with Crippen LogP contribution in [-0.4, -0.2) is 17.9 Å². The first-order valence-electron chi connectivity index (χ1n) is 4.17. The number of carbonyl (C=O) groups excluding carboxylic acids is 2. The van der Waals surface area contributed by atoms with Crippen LogP contribution in [0.2, 0.25) is 0 Å². The average molecular weight is 196 g/mol. The van der Waals surface area contributed by atoms with E-state index in [0.717, 1.165) is 0 Å². The molecular formula is C9H12N2O3. The molecule has 0 unspecified atom stereocenters. The third-order valence-electron chi connectivity index (χ3n) is 1.74. The van der Waals surface area contributed by atoms with Gasteiger partial charge in [-0.1, -0.05) is 0 Å². The summed E-state index contributed by atoms with van der Waals surface area (Å²) in [7, 11) is 0. The summed E-state index contributed by atoms with van der Waals surface area (Å²) in [5, 5.41) is 2.40. The topological polar surface area (TPSA) is 85.3 Å². The Bertz CT molecular complexity index is 357. The fraction of sp³-hybridized carbons (Fsp3) is 0.333. The van der Waals surface area contributed by atoms with Crippen LogP contribution in [-0.2, 0) is 4.79 Å². The predicted octanol–water partition coefficient (Wildman–Crippen LogP) is 0.192. The lowest BCUT2D eigenvalue weighted by Gasteiger charge is -2.07. The molecule has 0 aliphatic rings. The molecular weight excluding hydrogens is 184 g/mol. The van der Waals surface area contributed by atoms with Gasteiger partial charge in [0.25, 0.3) is 5.91 Å². The summed E-state index contributed by atoms with van der Waals surface area (Å²) in [6.45, 7) is 3.24.